The van der Waals surface area contributed by atoms with E-state index in [4.69, 9.17) is 0 Å². The lowest BCUT2D eigenvalue weighted by molar-refractivity contribution is -0.806. The van der Waals surface area contributed by atoms with E-state index in [1.807, 2.05) is 0 Å². The molecule has 3 atom stereocenters. The van der Waals surface area contributed by atoms with Crippen LogP contribution in [-0.2, 0) is 0 Å². The molecular formula is C10H18N+. The number of hydrogen-bond donors (Lipinski definition) is 0. The Morgan fingerprint density at radius 3 is 2.45 bits per heavy atom. The van der Waals surface area contributed by atoms with Crippen LogP contribution in [0.25, 0.3) is 0 Å². The molecule has 1 aliphatic heterocycles. The van der Waals surface area contributed by atoms with Gasteiger partial charge in [-0.2, -0.15) is 0 Å². The standard InChI is InChI=1S/C10H18N/c1-11(2)9-5-3-4-8-6-7-10(8,9)11/h8-9H,3-7H2,1-2H3/q+1. The molecule has 1 nitrogen and oxygen atoms in total. The monoisotopic (exact) mass is 152 g/mol. The van der Waals surface area contributed by atoms with Crippen molar-refractivity contribution >= 4 is 0 Å². The molecule has 0 aromatic carbocycles. The van der Waals surface area contributed by atoms with Gasteiger partial charge in [0.2, 0.25) is 0 Å². The number of nitrogens with zero attached hydrogens (tertiary/aromatic N) is 1. The van der Waals surface area contributed by atoms with Crippen molar-refractivity contribution in [2.24, 2.45) is 5.92 Å². The van der Waals surface area contributed by atoms with Crippen molar-refractivity contribution in [1.29, 1.82) is 0 Å². The van der Waals surface area contributed by atoms with E-state index in [-0.39, 0.29) is 0 Å². The minimum Gasteiger partial charge on any atom is -0.311 e. The van der Waals surface area contributed by atoms with Crippen LogP contribution in [0.15, 0.2) is 0 Å². The fourth-order valence-corrected chi connectivity index (χ4v) is 4.25. The van der Waals surface area contributed by atoms with E-state index in [0.717, 1.165) is 17.5 Å². The van der Waals surface area contributed by atoms with Gasteiger partial charge in [-0.3, -0.25) is 0 Å². The first-order valence-electron chi connectivity index (χ1n) is 5.03. The van der Waals surface area contributed by atoms with Crippen LogP contribution in [0.3, 0.4) is 0 Å². The molecule has 1 heterocycles. The van der Waals surface area contributed by atoms with Gasteiger partial charge in [-0.05, 0) is 19.3 Å². The predicted molar refractivity (Wildman–Crippen MR) is 45.2 cm³/mol. The van der Waals surface area contributed by atoms with E-state index in [9.17, 15) is 0 Å². The van der Waals surface area contributed by atoms with Crippen LogP contribution in [0.5, 0.6) is 0 Å². The molecule has 0 aromatic rings. The van der Waals surface area contributed by atoms with Gasteiger partial charge in [0.25, 0.3) is 0 Å². The largest absolute Gasteiger partial charge is 0.311 e. The van der Waals surface area contributed by atoms with Crippen molar-refractivity contribution in [2.45, 2.75) is 43.7 Å². The van der Waals surface area contributed by atoms with E-state index in [0.29, 0.717) is 0 Å². The SMILES string of the molecule is C[N+]1(C)C2CCCC3CCC321. The molecule has 0 radical (unpaired) electrons. The summed E-state index contributed by atoms with van der Waals surface area (Å²) in [5, 5.41) is 0. The number of likely N-dealkylation sites (N-methyl/N-ethyl adjacent to an activating group) is 1. The molecule has 1 saturated heterocycles. The molecule has 3 rings (SSSR count). The smallest absolute Gasteiger partial charge is 0.154 e. The highest BCUT2D eigenvalue weighted by atomic mass is 15.6. The molecule has 0 bridgehead atoms. The molecule has 0 N–H and O–H groups in total. The third-order valence-corrected chi connectivity index (χ3v) is 4.99. The summed E-state index contributed by atoms with van der Waals surface area (Å²) >= 11 is 0. The maximum atomic E-state index is 2.45. The Hall–Kier alpha value is -0.0400. The fraction of sp³-hybridized carbons (Fsp3) is 1.00. The first-order chi connectivity index (χ1) is 5.19. The highest BCUT2D eigenvalue weighted by Gasteiger charge is 2.81. The van der Waals surface area contributed by atoms with Gasteiger partial charge < -0.3 is 4.48 Å². The lowest BCUT2D eigenvalue weighted by Crippen LogP contribution is -2.45. The zero-order valence-corrected chi connectivity index (χ0v) is 7.64. The Morgan fingerprint density at radius 1 is 1.18 bits per heavy atom. The Balaban J connectivity index is 1.97. The van der Waals surface area contributed by atoms with Crippen molar-refractivity contribution in [3.05, 3.63) is 0 Å². The predicted octanol–water partition coefficient (Wildman–Crippen LogP) is 1.78. The first-order valence-corrected chi connectivity index (χ1v) is 5.03. The van der Waals surface area contributed by atoms with Gasteiger partial charge in [-0.15, -0.1) is 0 Å². The van der Waals surface area contributed by atoms with E-state index in [1.165, 1.54) is 36.6 Å². The van der Waals surface area contributed by atoms with Crippen molar-refractivity contribution < 1.29 is 4.48 Å². The van der Waals surface area contributed by atoms with E-state index in [1.54, 1.807) is 0 Å². The topological polar surface area (TPSA) is 0 Å². The van der Waals surface area contributed by atoms with E-state index in [2.05, 4.69) is 14.1 Å². The lowest BCUT2D eigenvalue weighted by atomic mass is 9.64. The Kier molecular flexibility index (Phi) is 0.893. The molecule has 2 aliphatic carbocycles. The summed E-state index contributed by atoms with van der Waals surface area (Å²) in [6, 6.07) is 1.06. The molecule has 0 aromatic heterocycles. The highest BCUT2D eigenvalue weighted by molar-refractivity contribution is 5.15. The van der Waals surface area contributed by atoms with Crippen LogP contribution in [0, 0.1) is 5.92 Å². The van der Waals surface area contributed by atoms with Crippen LogP contribution < -0.4 is 0 Å². The van der Waals surface area contributed by atoms with E-state index < -0.39 is 0 Å². The minimum atomic E-state index is 0.818. The average Bonchev–Trinajstić information content (AvgIpc) is 2.40. The summed E-state index contributed by atoms with van der Waals surface area (Å²) in [7, 11) is 4.89. The molecule has 3 aliphatic rings. The van der Waals surface area contributed by atoms with Crippen molar-refractivity contribution in [3.8, 4) is 0 Å². The quantitative estimate of drug-likeness (QED) is 0.366. The molecule has 1 spiro atoms. The summed E-state index contributed by atoms with van der Waals surface area (Å²) in [6.45, 7) is 0. The minimum absolute atomic E-state index is 0.818. The second-order valence-corrected chi connectivity index (χ2v) is 5.21. The van der Waals surface area contributed by atoms with Crippen LogP contribution in [0.2, 0.25) is 0 Å². The number of likely N-dealkylation sites (tertiary alicyclic amines) is 1. The van der Waals surface area contributed by atoms with Gasteiger partial charge in [-0.1, -0.05) is 0 Å². The van der Waals surface area contributed by atoms with Gasteiger partial charge in [0, 0.05) is 18.8 Å². The average molecular weight is 152 g/mol. The molecule has 2 saturated carbocycles. The fourth-order valence-electron chi connectivity index (χ4n) is 4.25. The Labute approximate surface area is 69.0 Å². The van der Waals surface area contributed by atoms with Crippen LogP contribution in [0.4, 0.5) is 0 Å². The van der Waals surface area contributed by atoms with Crippen molar-refractivity contribution in [1.82, 2.24) is 0 Å². The van der Waals surface area contributed by atoms with Gasteiger partial charge in [-0.25, -0.2) is 0 Å². The zero-order chi connectivity index (χ0) is 7.69. The first kappa shape index (κ1) is 6.47. The summed E-state index contributed by atoms with van der Waals surface area (Å²) in [5.74, 6) is 1.12. The second kappa shape index (κ2) is 1.52. The number of rotatable bonds is 0. The van der Waals surface area contributed by atoms with Gasteiger partial charge in [0.15, 0.2) is 5.54 Å². The Bertz CT molecular complexity index is 209. The summed E-state index contributed by atoms with van der Waals surface area (Å²) in [4.78, 5) is 0. The van der Waals surface area contributed by atoms with Crippen LogP contribution >= 0.6 is 0 Å². The lowest BCUT2D eigenvalue weighted by Gasteiger charge is -2.37. The molecule has 62 valence electrons. The van der Waals surface area contributed by atoms with E-state index >= 15 is 0 Å². The maximum absolute atomic E-state index is 2.45. The third kappa shape index (κ3) is 0.462. The van der Waals surface area contributed by atoms with Gasteiger partial charge >= 0.3 is 0 Å². The molecule has 1 heteroatoms. The summed E-state index contributed by atoms with van der Waals surface area (Å²) < 4.78 is 1.37. The highest BCUT2D eigenvalue weighted by Crippen LogP contribution is 2.67. The molecule has 3 unspecified atom stereocenters. The molecule has 0 amide bonds. The normalized spacial score (nSPS) is 57.3. The van der Waals surface area contributed by atoms with Crippen LogP contribution in [-0.4, -0.2) is 30.2 Å². The number of quaternary nitrogens is 1. The second-order valence-electron chi connectivity index (χ2n) is 5.21. The summed E-state index contributed by atoms with van der Waals surface area (Å²) in [6.07, 6.45) is 7.65. The maximum Gasteiger partial charge on any atom is 0.154 e. The van der Waals surface area contributed by atoms with Gasteiger partial charge in [0.1, 0.15) is 6.04 Å². The third-order valence-electron chi connectivity index (χ3n) is 4.99. The molecule has 3 fully saturated rings. The van der Waals surface area contributed by atoms with Crippen LogP contribution in [0.1, 0.15) is 32.1 Å². The van der Waals surface area contributed by atoms with Gasteiger partial charge in [0.05, 0.1) is 14.1 Å². The zero-order valence-electron chi connectivity index (χ0n) is 7.64. The molecule has 11 heavy (non-hydrogen) atoms. The van der Waals surface area contributed by atoms with Crippen molar-refractivity contribution in [2.75, 3.05) is 14.1 Å². The Morgan fingerprint density at radius 2 is 2.00 bits per heavy atom. The van der Waals surface area contributed by atoms with Crippen molar-refractivity contribution in [3.63, 3.8) is 0 Å². The molecular weight excluding hydrogens is 134 g/mol. The number of hydrogen-bond acceptors (Lipinski definition) is 0. The summed E-state index contributed by atoms with van der Waals surface area (Å²) in [5.41, 5.74) is 0.818.